The Hall–Kier alpha value is -2.86. The summed E-state index contributed by atoms with van der Waals surface area (Å²) in [6.45, 7) is 2.16. The Morgan fingerprint density at radius 2 is 1.90 bits per heavy atom. The van der Waals surface area contributed by atoms with Gasteiger partial charge in [-0.1, -0.05) is 43.7 Å². The minimum Gasteiger partial charge on any atom is -0.481 e. The molecule has 30 heavy (non-hydrogen) atoms. The zero-order valence-electron chi connectivity index (χ0n) is 17.0. The molecule has 2 aliphatic rings. The number of hydrogen-bond acceptors (Lipinski definition) is 4. The quantitative estimate of drug-likeness (QED) is 0.575. The summed E-state index contributed by atoms with van der Waals surface area (Å²) < 4.78 is 6.17. The lowest BCUT2D eigenvalue weighted by atomic mass is 9.82. The molecule has 0 amide bonds. The van der Waals surface area contributed by atoms with Crippen molar-refractivity contribution in [3.8, 4) is 11.5 Å². The number of carboxylic acid groups (broad SMARTS) is 2. The highest BCUT2D eigenvalue weighted by molar-refractivity contribution is 5.76. The Labute approximate surface area is 175 Å². The molecule has 0 radical (unpaired) electrons. The van der Waals surface area contributed by atoms with E-state index in [4.69, 9.17) is 9.84 Å². The maximum absolute atomic E-state index is 12.0. The zero-order chi connectivity index (χ0) is 21.3. The first-order valence-electron chi connectivity index (χ1n) is 10.6. The number of carbonyl (C=O) groups is 2. The molecule has 4 rings (SSSR count). The van der Waals surface area contributed by atoms with Crippen molar-refractivity contribution < 1.29 is 24.5 Å². The van der Waals surface area contributed by atoms with Gasteiger partial charge in [0.25, 0.3) is 0 Å². The number of para-hydroxylation sites is 1. The van der Waals surface area contributed by atoms with E-state index in [1.165, 1.54) is 5.56 Å². The van der Waals surface area contributed by atoms with Gasteiger partial charge in [0.15, 0.2) is 0 Å². The van der Waals surface area contributed by atoms with Gasteiger partial charge in [-0.15, -0.1) is 0 Å². The number of aliphatic carboxylic acids is 2. The van der Waals surface area contributed by atoms with Crippen LogP contribution in [0.25, 0.3) is 0 Å². The standard InChI is InChI=1S/C24H27NO5/c1-2-3-6-14-9-10-16-17(15-7-4-5-8-21(15)30-22(16)11-14)12-20(24(28)29)25-19-13-18(19)23(26)27/h4-5,7-11,17-20,25H,2-3,6,12-13H2,1H3,(H,26,27)(H,28,29). The Bertz CT molecular complexity index is 956. The van der Waals surface area contributed by atoms with E-state index in [1.54, 1.807) is 0 Å². The third kappa shape index (κ3) is 4.19. The number of aryl methyl sites for hydroxylation is 1. The topological polar surface area (TPSA) is 95.9 Å². The number of rotatable bonds is 9. The lowest BCUT2D eigenvalue weighted by Gasteiger charge is -2.30. The Morgan fingerprint density at radius 3 is 2.60 bits per heavy atom. The monoisotopic (exact) mass is 409 g/mol. The van der Waals surface area contributed by atoms with Crippen LogP contribution in [-0.4, -0.2) is 34.2 Å². The van der Waals surface area contributed by atoms with Crippen LogP contribution in [0.3, 0.4) is 0 Å². The molecule has 4 unspecified atom stereocenters. The van der Waals surface area contributed by atoms with Crippen LogP contribution in [0.4, 0.5) is 0 Å². The van der Waals surface area contributed by atoms with E-state index >= 15 is 0 Å². The molecular formula is C24H27NO5. The number of fused-ring (bicyclic) bond motifs is 2. The lowest BCUT2D eigenvalue weighted by molar-refractivity contribution is -0.141. The summed E-state index contributed by atoms with van der Waals surface area (Å²) in [6, 6.07) is 12.8. The molecule has 158 valence electrons. The van der Waals surface area contributed by atoms with Crippen molar-refractivity contribution in [1.82, 2.24) is 5.32 Å². The van der Waals surface area contributed by atoms with Crippen molar-refractivity contribution in [2.45, 2.75) is 57.0 Å². The van der Waals surface area contributed by atoms with Gasteiger partial charge in [0, 0.05) is 23.1 Å². The summed E-state index contributed by atoms with van der Waals surface area (Å²) in [5.41, 5.74) is 3.15. The van der Waals surface area contributed by atoms with E-state index < -0.39 is 23.9 Å². The number of nitrogens with one attached hydrogen (secondary N) is 1. The molecule has 0 aromatic heterocycles. The van der Waals surface area contributed by atoms with Crippen LogP contribution in [0.15, 0.2) is 42.5 Å². The first kappa shape index (κ1) is 20.4. The number of hydrogen-bond donors (Lipinski definition) is 3. The van der Waals surface area contributed by atoms with Gasteiger partial charge in [-0.2, -0.15) is 0 Å². The molecule has 0 spiro atoms. The Balaban J connectivity index is 1.61. The minimum absolute atomic E-state index is 0.138. The smallest absolute Gasteiger partial charge is 0.320 e. The Morgan fingerprint density at radius 1 is 1.13 bits per heavy atom. The molecular weight excluding hydrogens is 382 g/mol. The molecule has 1 aliphatic carbocycles. The summed E-state index contributed by atoms with van der Waals surface area (Å²) in [5, 5.41) is 22.0. The van der Waals surface area contributed by atoms with Crippen molar-refractivity contribution in [3.05, 3.63) is 59.2 Å². The second-order valence-corrected chi connectivity index (χ2v) is 8.25. The van der Waals surface area contributed by atoms with E-state index in [0.29, 0.717) is 12.8 Å². The normalized spacial score (nSPS) is 22.4. The first-order chi connectivity index (χ1) is 14.5. The molecule has 1 saturated carbocycles. The van der Waals surface area contributed by atoms with Crippen molar-refractivity contribution in [2.75, 3.05) is 0 Å². The van der Waals surface area contributed by atoms with Gasteiger partial charge < -0.3 is 20.3 Å². The van der Waals surface area contributed by atoms with Crippen molar-refractivity contribution in [2.24, 2.45) is 5.92 Å². The first-order valence-corrected chi connectivity index (χ1v) is 10.6. The van der Waals surface area contributed by atoms with Gasteiger partial charge in [-0.3, -0.25) is 9.59 Å². The number of ether oxygens (including phenoxy) is 1. The maximum atomic E-state index is 12.0. The third-order valence-corrected chi connectivity index (χ3v) is 6.08. The van der Waals surface area contributed by atoms with E-state index in [9.17, 15) is 14.7 Å². The molecule has 4 atom stereocenters. The highest BCUT2D eigenvalue weighted by Crippen LogP contribution is 2.46. The van der Waals surface area contributed by atoms with Gasteiger partial charge in [-0.25, -0.2) is 0 Å². The van der Waals surface area contributed by atoms with Gasteiger partial charge in [0.05, 0.1) is 5.92 Å². The fourth-order valence-corrected chi connectivity index (χ4v) is 4.28. The van der Waals surface area contributed by atoms with Crippen molar-refractivity contribution in [1.29, 1.82) is 0 Å². The van der Waals surface area contributed by atoms with Crippen LogP contribution >= 0.6 is 0 Å². The van der Waals surface area contributed by atoms with Gasteiger partial charge >= 0.3 is 11.9 Å². The average molecular weight is 409 g/mol. The fourth-order valence-electron chi connectivity index (χ4n) is 4.28. The highest BCUT2D eigenvalue weighted by atomic mass is 16.5. The number of unbranched alkanes of at least 4 members (excludes halogenated alkanes) is 1. The van der Waals surface area contributed by atoms with Crippen LogP contribution in [0.1, 0.15) is 55.2 Å². The van der Waals surface area contributed by atoms with Gasteiger partial charge in [0.1, 0.15) is 17.5 Å². The molecule has 1 fully saturated rings. The fraction of sp³-hybridized carbons (Fsp3) is 0.417. The Kier molecular flexibility index (Phi) is 5.77. The summed E-state index contributed by atoms with van der Waals surface area (Å²) in [4.78, 5) is 23.1. The van der Waals surface area contributed by atoms with Crippen LogP contribution < -0.4 is 10.1 Å². The molecule has 1 aliphatic heterocycles. The van der Waals surface area contributed by atoms with E-state index in [0.717, 1.165) is 41.9 Å². The van der Waals surface area contributed by atoms with E-state index in [2.05, 4.69) is 30.4 Å². The highest BCUT2D eigenvalue weighted by Gasteiger charge is 2.45. The largest absolute Gasteiger partial charge is 0.481 e. The van der Waals surface area contributed by atoms with Gasteiger partial charge in [0.2, 0.25) is 0 Å². The van der Waals surface area contributed by atoms with E-state index in [1.807, 2.05) is 24.3 Å². The summed E-state index contributed by atoms with van der Waals surface area (Å²) in [5.74, 6) is -0.940. The predicted octanol–water partition coefficient (Wildman–Crippen LogP) is 4.17. The van der Waals surface area contributed by atoms with Crippen LogP contribution in [0, 0.1) is 5.92 Å². The van der Waals surface area contributed by atoms with E-state index in [-0.39, 0.29) is 12.0 Å². The summed E-state index contributed by atoms with van der Waals surface area (Å²) in [7, 11) is 0. The molecule has 0 bridgehead atoms. The molecule has 2 aromatic rings. The number of benzene rings is 2. The third-order valence-electron chi connectivity index (χ3n) is 6.08. The summed E-state index contributed by atoms with van der Waals surface area (Å²) in [6.07, 6.45) is 4.02. The summed E-state index contributed by atoms with van der Waals surface area (Å²) >= 11 is 0. The second-order valence-electron chi connectivity index (χ2n) is 8.25. The minimum atomic E-state index is -0.962. The zero-order valence-corrected chi connectivity index (χ0v) is 17.0. The molecule has 6 nitrogen and oxygen atoms in total. The van der Waals surface area contributed by atoms with Crippen molar-refractivity contribution >= 4 is 11.9 Å². The molecule has 1 heterocycles. The SMILES string of the molecule is CCCCc1ccc2c(c1)Oc1ccccc1C2CC(NC1CC1C(=O)O)C(=O)O. The van der Waals surface area contributed by atoms with Crippen LogP contribution in [-0.2, 0) is 16.0 Å². The second kappa shape index (κ2) is 8.48. The molecule has 6 heteroatoms. The maximum Gasteiger partial charge on any atom is 0.320 e. The number of carboxylic acids is 2. The molecule has 0 saturated heterocycles. The van der Waals surface area contributed by atoms with Gasteiger partial charge in [-0.05, 0) is 43.4 Å². The molecule has 3 N–H and O–H groups in total. The van der Waals surface area contributed by atoms with Crippen molar-refractivity contribution in [3.63, 3.8) is 0 Å². The lowest BCUT2D eigenvalue weighted by Crippen LogP contribution is -2.40. The average Bonchev–Trinajstić information content (AvgIpc) is 3.50. The predicted molar refractivity (Wildman–Crippen MR) is 112 cm³/mol. The van der Waals surface area contributed by atoms with Crippen LogP contribution in [0.2, 0.25) is 0 Å². The van der Waals surface area contributed by atoms with Crippen LogP contribution in [0.5, 0.6) is 11.5 Å². The molecule has 2 aromatic carbocycles.